The summed E-state index contributed by atoms with van der Waals surface area (Å²) in [5.74, 6) is 0. The van der Waals surface area contributed by atoms with Crippen molar-refractivity contribution in [3.05, 3.63) is 58.2 Å². The molecule has 2 aliphatic rings. The van der Waals surface area contributed by atoms with Crippen molar-refractivity contribution in [1.82, 2.24) is 0 Å². The summed E-state index contributed by atoms with van der Waals surface area (Å²) in [4.78, 5) is 1.06. The lowest BCUT2D eigenvalue weighted by molar-refractivity contribution is 1.19. The van der Waals surface area contributed by atoms with Crippen LogP contribution in [0.5, 0.6) is 0 Å². The lowest BCUT2D eigenvalue weighted by atomic mass is 9.90. The van der Waals surface area contributed by atoms with Crippen LogP contribution in [0.4, 0.5) is 0 Å². The molecule has 0 nitrogen and oxygen atoms in total. The van der Waals surface area contributed by atoms with Gasteiger partial charge in [0.25, 0.3) is 0 Å². The molecule has 0 amide bonds. The predicted octanol–water partition coefficient (Wildman–Crippen LogP) is 4.75. The fourth-order valence-corrected chi connectivity index (χ4v) is 2.98. The largest absolute Gasteiger partial charge is 0.0839 e. The molecular formula is C17H16S. The Kier molecular flexibility index (Phi) is 2.79. The van der Waals surface area contributed by atoms with Gasteiger partial charge in [0, 0.05) is 11.3 Å². The average molecular weight is 252 g/mol. The maximum absolute atomic E-state index is 5.53. The van der Waals surface area contributed by atoms with Crippen LogP contribution in [-0.2, 0) is 6.42 Å². The molecule has 0 N–H and O–H groups in total. The molecular weight excluding hydrogens is 236 g/mol. The van der Waals surface area contributed by atoms with Gasteiger partial charge in [-0.15, -0.1) is 0 Å². The van der Waals surface area contributed by atoms with E-state index in [9.17, 15) is 0 Å². The Labute approximate surface area is 114 Å². The van der Waals surface area contributed by atoms with Crippen molar-refractivity contribution in [3.63, 3.8) is 0 Å². The molecule has 0 atom stereocenters. The van der Waals surface area contributed by atoms with E-state index in [1.807, 2.05) is 0 Å². The third kappa shape index (κ3) is 1.89. The van der Waals surface area contributed by atoms with E-state index in [1.54, 1.807) is 0 Å². The predicted molar refractivity (Wildman–Crippen MR) is 82.7 cm³/mol. The summed E-state index contributed by atoms with van der Waals surface area (Å²) in [5, 5.41) is 0. The average Bonchev–Trinajstić information content (AvgIpc) is 2.72. The van der Waals surface area contributed by atoms with Crippen LogP contribution in [0, 0.1) is 0 Å². The molecule has 90 valence electrons. The minimum absolute atomic E-state index is 0.902. The maximum atomic E-state index is 5.53. The number of benzene rings is 1. The molecule has 0 aromatic heterocycles. The molecule has 0 heterocycles. The molecule has 0 saturated heterocycles. The number of hydrogen-bond donors (Lipinski definition) is 0. The van der Waals surface area contributed by atoms with E-state index in [0.29, 0.717) is 0 Å². The number of thiocarbonyl (C=S) groups is 1. The lowest BCUT2D eigenvalue weighted by Crippen LogP contribution is -2.04. The van der Waals surface area contributed by atoms with Crippen molar-refractivity contribution in [1.29, 1.82) is 0 Å². The van der Waals surface area contributed by atoms with Crippen molar-refractivity contribution >= 4 is 28.7 Å². The van der Waals surface area contributed by atoms with Gasteiger partial charge in [0.15, 0.2) is 0 Å². The van der Waals surface area contributed by atoms with Crippen molar-refractivity contribution in [2.24, 2.45) is 0 Å². The van der Waals surface area contributed by atoms with E-state index >= 15 is 0 Å². The van der Waals surface area contributed by atoms with E-state index in [1.165, 1.54) is 33.4 Å². The molecule has 0 spiro atoms. The quantitative estimate of drug-likeness (QED) is 0.650. The van der Waals surface area contributed by atoms with Gasteiger partial charge in [-0.1, -0.05) is 59.8 Å². The molecule has 0 bridgehead atoms. The highest BCUT2D eigenvalue weighted by Crippen LogP contribution is 2.34. The summed E-state index contributed by atoms with van der Waals surface area (Å²) >= 11 is 5.53. The Morgan fingerprint density at radius 3 is 2.78 bits per heavy atom. The summed E-state index contributed by atoms with van der Waals surface area (Å²) < 4.78 is 0. The van der Waals surface area contributed by atoms with Crippen LogP contribution in [0.2, 0.25) is 0 Å². The van der Waals surface area contributed by atoms with Gasteiger partial charge in [0.1, 0.15) is 0 Å². The number of fused-ring (bicyclic) bond motifs is 1. The molecule has 0 fully saturated rings. The summed E-state index contributed by atoms with van der Waals surface area (Å²) in [7, 11) is 0. The first-order valence-electron chi connectivity index (χ1n) is 6.36. The highest BCUT2D eigenvalue weighted by molar-refractivity contribution is 7.81. The van der Waals surface area contributed by atoms with Gasteiger partial charge in [0.2, 0.25) is 0 Å². The molecule has 1 aromatic rings. The molecule has 0 aliphatic heterocycles. The van der Waals surface area contributed by atoms with Crippen LogP contribution >= 0.6 is 12.2 Å². The summed E-state index contributed by atoms with van der Waals surface area (Å²) in [5.41, 5.74) is 8.11. The number of allylic oxidation sites excluding steroid dienone is 5. The van der Waals surface area contributed by atoms with Gasteiger partial charge in [-0.3, -0.25) is 0 Å². The third-order valence-electron chi connectivity index (χ3n) is 3.63. The monoisotopic (exact) mass is 252 g/mol. The van der Waals surface area contributed by atoms with Crippen LogP contribution in [-0.4, -0.2) is 4.86 Å². The van der Waals surface area contributed by atoms with E-state index < -0.39 is 0 Å². The van der Waals surface area contributed by atoms with Crippen LogP contribution < -0.4 is 0 Å². The first kappa shape index (κ1) is 11.6. The van der Waals surface area contributed by atoms with Crippen molar-refractivity contribution in [2.75, 3.05) is 0 Å². The Morgan fingerprint density at radius 1 is 1.11 bits per heavy atom. The molecule has 0 saturated carbocycles. The van der Waals surface area contributed by atoms with Crippen molar-refractivity contribution in [2.45, 2.75) is 26.7 Å². The highest BCUT2D eigenvalue weighted by atomic mass is 32.1. The van der Waals surface area contributed by atoms with Gasteiger partial charge in [-0.05, 0) is 42.5 Å². The minimum atomic E-state index is 0.902. The van der Waals surface area contributed by atoms with Gasteiger partial charge in [-0.2, -0.15) is 0 Å². The zero-order valence-corrected chi connectivity index (χ0v) is 11.6. The molecule has 3 rings (SSSR count). The molecule has 18 heavy (non-hydrogen) atoms. The second-order valence-corrected chi connectivity index (χ2v) is 5.67. The normalized spacial score (nSPS) is 18.1. The Morgan fingerprint density at radius 2 is 1.94 bits per heavy atom. The van der Waals surface area contributed by atoms with Gasteiger partial charge in [0.05, 0.1) is 0 Å². The second-order valence-electron chi connectivity index (χ2n) is 5.18. The smallest absolute Gasteiger partial charge is 0.0268 e. The molecule has 2 aliphatic carbocycles. The molecule has 0 unspecified atom stereocenters. The topological polar surface area (TPSA) is 0 Å². The zero-order valence-electron chi connectivity index (χ0n) is 10.8. The Bertz CT molecular complexity index is 627. The standard InChI is InChI=1S/C17H16S/c1-11-6-7-17(18)16(9-11)14-5-3-4-13-8-12(2)10-15(13)14/h3-6,9-10H,7-8H2,1-2H3. The Balaban J connectivity index is 2.17. The Hall–Kier alpha value is -1.47. The summed E-state index contributed by atoms with van der Waals surface area (Å²) in [6, 6.07) is 6.57. The number of rotatable bonds is 1. The van der Waals surface area contributed by atoms with E-state index in [4.69, 9.17) is 12.2 Å². The van der Waals surface area contributed by atoms with Gasteiger partial charge in [-0.25, -0.2) is 0 Å². The fourth-order valence-electron chi connectivity index (χ4n) is 2.73. The third-order valence-corrected chi connectivity index (χ3v) is 4.02. The second kappa shape index (κ2) is 4.33. The van der Waals surface area contributed by atoms with Crippen LogP contribution in [0.15, 0.2) is 41.5 Å². The summed E-state index contributed by atoms with van der Waals surface area (Å²) in [6.07, 6.45) is 8.72. The molecule has 1 heteroatoms. The van der Waals surface area contributed by atoms with E-state index in [-0.39, 0.29) is 0 Å². The number of hydrogen-bond acceptors (Lipinski definition) is 1. The van der Waals surface area contributed by atoms with Crippen LogP contribution in [0.1, 0.15) is 37.0 Å². The molecule has 1 aromatic carbocycles. The zero-order chi connectivity index (χ0) is 12.7. The molecule has 0 radical (unpaired) electrons. The first-order valence-corrected chi connectivity index (χ1v) is 6.77. The van der Waals surface area contributed by atoms with Crippen LogP contribution in [0.3, 0.4) is 0 Å². The highest BCUT2D eigenvalue weighted by Gasteiger charge is 2.18. The van der Waals surface area contributed by atoms with Crippen molar-refractivity contribution in [3.8, 4) is 0 Å². The van der Waals surface area contributed by atoms with Gasteiger partial charge >= 0.3 is 0 Å². The van der Waals surface area contributed by atoms with Crippen molar-refractivity contribution < 1.29 is 0 Å². The first-order chi connectivity index (χ1) is 8.65. The maximum Gasteiger partial charge on any atom is 0.0268 e. The SMILES string of the molecule is CC1=CCC(=S)C(c2cccc3c2C=C(C)C3)=C1. The summed E-state index contributed by atoms with van der Waals surface area (Å²) in [6.45, 7) is 4.34. The fraction of sp³-hybridized carbons (Fsp3) is 0.235. The van der Waals surface area contributed by atoms with Gasteiger partial charge < -0.3 is 0 Å². The lowest BCUT2D eigenvalue weighted by Gasteiger charge is -2.16. The van der Waals surface area contributed by atoms with E-state index in [0.717, 1.165) is 17.7 Å². The van der Waals surface area contributed by atoms with E-state index in [2.05, 4.69) is 50.3 Å². The minimum Gasteiger partial charge on any atom is -0.0839 e. The van der Waals surface area contributed by atoms with Crippen LogP contribution in [0.25, 0.3) is 11.6 Å².